The molecule has 2 heterocycles. The van der Waals surface area contributed by atoms with Crippen LogP contribution in [-0.4, -0.2) is 34.0 Å². The van der Waals surface area contributed by atoms with Gasteiger partial charge < -0.3 is 4.90 Å². The largest absolute Gasteiger partial charge is 0.371 e. The van der Waals surface area contributed by atoms with Crippen molar-refractivity contribution in [3.63, 3.8) is 0 Å². The van der Waals surface area contributed by atoms with Gasteiger partial charge in [-0.3, -0.25) is 10.0 Å². The van der Waals surface area contributed by atoms with E-state index in [9.17, 15) is 4.79 Å². The molecule has 28 heavy (non-hydrogen) atoms. The van der Waals surface area contributed by atoms with E-state index in [-0.39, 0.29) is 0 Å². The number of amides is 1. The second kappa shape index (κ2) is 7.64. The Morgan fingerprint density at radius 3 is 2.61 bits per heavy atom. The highest BCUT2D eigenvalue weighted by Gasteiger charge is 2.21. The molecule has 0 aliphatic carbocycles. The van der Waals surface area contributed by atoms with Crippen molar-refractivity contribution in [3.05, 3.63) is 54.2 Å². The van der Waals surface area contributed by atoms with E-state index < -0.39 is 11.8 Å². The number of anilines is 1. The van der Waals surface area contributed by atoms with Crippen LogP contribution in [-0.2, 0) is 4.79 Å². The van der Waals surface area contributed by atoms with Crippen molar-refractivity contribution < 1.29 is 10.0 Å². The van der Waals surface area contributed by atoms with Crippen LogP contribution in [0, 0.1) is 5.92 Å². The molecule has 2 aromatic carbocycles. The Hall–Kier alpha value is -2.86. The number of nitrogens with one attached hydrogen (secondary N) is 1. The number of para-hydroxylation sites is 1. The minimum Gasteiger partial charge on any atom is -0.371 e. The van der Waals surface area contributed by atoms with Crippen molar-refractivity contribution in [3.8, 4) is 5.69 Å². The zero-order valence-corrected chi connectivity index (χ0v) is 16.3. The molecule has 1 aromatic heterocycles. The summed E-state index contributed by atoms with van der Waals surface area (Å²) in [5, 5.41) is 14.9. The molecular formula is C22H26N4O2. The number of benzene rings is 2. The summed E-state index contributed by atoms with van der Waals surface area (Å²) in [6.45, 7) is 6.22. The highest BCUT2D eigenvalue weighted by Crippen LogP contribution is 2.31. The first kappa shape index (κ1) is 18.5. The topological polar surface area (TPSA) is 70.4 Å². The van der Waals surface area contributed by atoms with Crippen LogP contribution in [0.5, 0.6) is 0 Å². The van der Waals surface area contributed by atoms with Crippen molar-refractivity contribution in [2.75, 3.05) is 18.0 Å². The van der Waals surface area contributed by atoms with Crippen molar-refractivity contribution in [2.24, 2.45) is 5.92 Å². The van der Waals surface area contributed by atoms with Crippen molar-refractivity contribution >= 4 is 22.5 Å². The van der Waals surface area contributed by atoms with Gasteiger partial charge in [0.1, 0.15) is 0 Å². The van der Waals surface area contributed by atoms with Crippen LogP contribution in [0.2, 0.25) is 0 Å². The number of rotatable bonds is 4. The summed E-state index contributed by atoms with van der Waals surface area (Å²) in [5.41, 5.74) is 5.56. The number of aromatic nitrogens is 2. The highest BCUT2D eigenvalue weighted by molar-refractivity contribution is 5.92. The fraction of sp³-hybridized carbons (Fsp3) is 0.364. The lowest BCUT2D eigenvalue weighted by atomic mass is 9.98. The molecule has 1 fully saturated rings. The highest BCUT2D eigenvalue weighted by atomic mass is 16.5. The zero-order chi connectivity index (χ0) is 19.7. The second-order valence-electron chi connectivity index (χ2n) is 7.71. The molecular weight excluding hydrogens is 352 g/mol. The van der Waals surface area contributed by atoms with E-state index in [1.807, 2.05) is 41.2 Å². The van der Waals surface area contributed by atoms with Crippen LogP contribution in [0.1, 0.15) is 38.2 Å². The van der Waals surface area contributed by atoms with E-state index >= 15 is 0 Å². The SMILES string of the molecule is CC1CCN(c2cccc3nn(-c4ccccc4C(C)C(=O)NO)cc23)CC1. The lowest BCUT2D eigenvalue weighted by Gasteiger charge is -2.32. The van der Waals surface area contributed by atoms with Crippen LogP contribution < -0.4 is 10.4 Å². The molecule has 0 spiro atoms. The van der Waals surface area contributed by atoms with Crippen molar-refractivity contribution in [2.45, 2.75) is 32.6 Å². The molecule has 0 bridgehead atoms. The summed E-state index contributed by atoms with van der Waals surface area (Å²) < 4.78 is 1.84. The Bertz CT molecular complexity index is 989. The molecule has 146 valence electrons. The standard InChI is InChI=1S/C22H26N4O2/c1-15-10-12-25(13-11-15)20-9-5-7-19-18(20)14-26(23-19)21-8-4-3-6-17(21)16(2)22(27)24-28/h3-9,14-16,28H,10-13H2,1-2H3,(H,24,27). The van der Waals surface area contributed by atoms with Gasteiger partial charge in [0.05, 0.1) is 17.1 Å². The minimum absolute atomic E-state index is 0.438. The minimum atomic E-state index is -0.489. The van der Waals surface area contributed by atoms with Crippen molar-refractivity contribution in [1.29, 1.82) is 0 Å². The number of carbonyl (C=O) groups is 1. The van der Waals surface area contributed by atoms with Crippen LogP contribution in [0.4, 0.5) is 5.69 Å². The van der Waals surface area contributed by atoms with E-state index in [2.05, 4.69) is 24.0 Å². The first-order valence-corrected chi connectivity index (χ1v) is 9.85. The average Bonchev–Trinajstić information content (AvgIpc) is 3.17. The van der Waals surface area contributed by atoms with Gasteiger partial charge in [-0.05, 0) is 49.4 Å². The maximum Gasteiger partial charge on any atom is 0.250 e. The number of nitrogens with zero attached hydrogens (tertiary/aromatic N) is 3. The van der Waals surface area contributed by atoms with Gasteiger partial charge in [0.15, 0.2) is 0 Å². The first-order chi connectivity index (χ1) is 13.6. The number of hydrogen-bond donors (Lipinski definition) is 2. The summed E-state index contributed by atoms with van der Waals surface area (Å²) in [5.74, 6) is -0.145. The number of fused-ring (bicyclic) bond motifs is 1. The van der Waals surface area contributed by atoms with Gasteiger partial charge in [-0.1, -0.05) is 31.2 Å². The molecule has 0 saturated carbocycles. The van der Waals surface area contributed by atoms with Gasteiger partial charge in [0, 0.05) is 30.4 Å². The smallest absolute Gasteiger partial charge is 0.250 e. The summed E-state index contributed by atoms with van der Waals surface area (Å²) in [6.07, 6.45) is 4.47. The first-order valence-electron chi connectivity index (χ1n) is 9.85. The van der Waals surface area contributed by atoms with E-state index in [1.54, 1.807) is 12.4 Å². The van der Waals surface area contributed by atoms with Gasteiger partial charge in [0.25, 0.3) is 5.91 Å². The molecule has 1 amide bonds. The van der Waals surface area contributed by atoms with Gasteiger partial charge in [-0.15, -0.1) is 0 Å². The van der Waals surface area contributed by atoms with Gasteiger partial charge in [0.2, 0.25) is 0 Å². The number of piperidine rings is 1. The summed E-state index contributed by atoms with van der Waals surface area (Å²) in [6, 6.07) is 13.9. The van der Waals surface area contributed by atoms with Gasteiger partial charge >= 0.3 is 0 Å². The molecule has 3 aromatic rings. The number of hydrogen-bond acceptors (Lipinski definition) is 4. The lowest BCUT2D eigenvalue weighted by Crippen LogP contribution is -2.32. The Morgan fingerprint density at radius 1 is 1.14 bits per heavy atom. The molecule has 1 aliphatic rings. The average molecular weight is 378 g/mol. The molecule has 0 radical (unpaired) electrons. The zero-order valence-electron chi connectivity index (χ0n) is 16.3. The Labute approximate surface area is 164 Å². The molecule has 6 heteroatoms. The maximum atomic E-state index is 12.0. The summed E-state index contributed by atoms with van der Waals surface area (Å²) in [7, 11) is 0. The molecule has 1 unspecified atom stereocenters. The van der Waals surface area contributed by atoms with Gasteiger partial charge in [-0.25, -0.2) is 10.2 Å². The van der Waals surface area contributed by atoms with Crippen molar-refractivity contribution in [1.82, 2.24) is 15.3 Å². The molecule has 1 aliphatic heterocycles. The maximum absolute atomic E-state index is 12.0. The van der Waals surface area contributed by atoms with E-state index in [0.29, 0.717) is 0 Å². The predicted octanol–water partition coefficient (Wildman–Crippen LogP) is 3.87. The number of hydroxylamine groups is 1. The number of carbonyl (C=O) groups excluding carboxylic acids is 1. The molecule has 2 N–H and O–H groups in total. The lowest BCUT2D eigenvalue weighted by molar-refractivity contribution is -0.130. The second-order valence-corrected chi connectivity index (χ2v) is 7.71. The fourth-order valence-corrected chi connectivity index (χ4v) is 3.98. The normalized spacial score (nSPS) is 16.3. The monoisotopic (exact) mass is 378 g/mol. The Balaban J connectivity index is 1.76. The van der Waals surface area contributed by atoms with Crippen LogP contribution in [0.3, 0.4) is 0 Å². The third-order valence-corrected chi connectivity index (χ3v) is 5.80. The van der Waals surface area contributed by atoms with E-state index in [0.717, 1.165) is 41.2 Å². The van der Waals surface area contributed by atoms with E-state index in [1.165, 1.54) is 18.5 Å². The molecule has 1 saturated heterocycles. The molecule has 6 nitrogen and oxygen atoms in total. The van der Waals surface area contributed by atoms with E-state index in [4.69, 9.17) is 10.3 Å². The van der Waals surface area contributed by atoms with Crippen LogP contribution in [0.15, 0.2) is 48.7 Å². The molecule has 4 rings (SSSR count). The fourth-order valence-electron chi connectivity index (χ4n) is 3.98. The predicted molar refractivity (Wildman–Crippen MR) is 110 cm³/mol. The third kappa shape index (κ3) is 3.36. The van der Waals surface area contributed by atoms with Gasteiger partial charge in [-0.2, -0.15) is 5.10 Å². The summed E-state index contributed by atoms with van der Waals surface area (Å²) >= 11 is 0. The quantitative estimate of drug-likeness (QED) is 0.534. The molecule has 1 atom stereocenters. The van der Waals surface area contributed by atoms with Crippen LogP contribution in [0.25, 0.3) is 16.6 Å². The Morgan fingerprint density at radius 2 is 1.86 bits per heavy atom. The Kier molecular flexibility index (Phi) is 5.05. The van der Waals surface area contributed by atoms with Crippen LogP contribution >= 0.6 is 0 Å². The summed E-state index contributed by atoms with van der Waals surface area (Å²) in [4.78, 5) is 14.4. The third-order valence-electron chi connectivity index (χ3n) is 5.80.